The molecule has 4 heteroatoms. The van der Waals surface area contributed by atoms with E-state index in [1.54, 1.807) is 0 Å². The molecular formula is C11H23ClO2S. The third kappa shape index (κ3) is 9.19. The number of sulfone groups is 1. The lowest BCUT2D eigenvalue weighted by Gasteiger charge is -2.07. The monoisotopic (exact) mass is 254 g/mol. The van der Waals surface area contributed by atoms with Crippen LogP contribution in [0.5, 0.6) is 0 Å². The van der Waals surface area contributed by atoms with E-state index in [2.05, 4.69) is 6.92 Å². The highest BCUT2D eigenvalue weighted by atomic mass is 35.5. The van der Waals surface area contributed by atoms with Crippen molar-refractivity contribution in [3.8, 4) is 0 Å². The van der Waals surface area contributed by atoms with Gasteiger partial charge in [0.25, 0.3) is 0 Å². The Labute approximate surface area is 99.3 Å². The van der Waals surface area contributed by atoms with Crippen LogP contribution in [0.15, 0.2) is 0 Å². The second-order valence-corrected chi connectivity index (χ2v) is 6.95. The summed E-state index contributed by atoms with van der Waals surface area (Å²) in [6.07, 6.45) is 5.48. The zero-order valence-electron chi connectivity index (χ0n) is 9.84. The number of unbranched alkanes of at least 4 members (excludes halogenated alkanes) is 1. The molecule has 1 unspecified atom stereocenters. The van der Waals surface area contributed by atoms with Gasteiger partial charge in [-0.15, -0.1) is 11.6 Å². The standard InChI is InChI=1S/C11H23ClO2S/c1-3-7-11(12)8-5-6-10-15(13,14)9-4-2/h11H,3-10H2,1-2H3. The number of alkyl halides is 1. The number of rotatable bonds is 9. The zero-order chi connectivity index (χ0) is 11.7. The Balaban J connectivity index is 3.54. The van der Waals surface area contributed by atoms with E-state index in [0.717, 1.165) is 38.5 Å². The molecule has 0 aromatic carbocycles. The van der Waals surface area contributed by atoms with Crippen LogP contribution in [0.1, 0.15) is 52.4 Å². The van der Waals surface area contributed by atoms with Crippen molar-refractivity contribution < 1.29 is 8.42 Å². The molecule has 0 radical (unpaired) electrons. The van der Waals surface area contributed by atoms with Gasteiger partial charge >= 0.3 is 0 Å². The molecule has 2 nitrogen and oxygen atoms in total. The fourth-order valence-corrected chi connectivity index (χ4v) is 3.40. The average molecular weight is 255 g/mol. The molecule has 15 heavy (non-hydrogen) atoms. The van der Waals surface area contributed by atoms with Crippen molar-refractivity contribution in [1.29, 1.82) is 0 Å². The zero-order valence-corrected chi connectivity index (χ0v) is 11.4. The predicted molar refractivity (Wildman–Crippen MR) is 67.3 cm³/mol. The van der Waals surface area contributed by atoms with Crippen molar-refractivity contribution in [3.05, 3.63) is 0 Å². The molecule has 0 spiro atoms. The SMILES string of the molecule is CCCC(Cl)CCCCS(=O)(=O)CCC. The van der Waals surface area contributed by atoms with Crippen molar-refractivity contribution in [2.75, 3.05) is 11.5 Å². The second kappa shape index (κ2) is 8.40. The third-order valence-corrected chi connectivity index (χ3v) is 4.72. The highest BCUT2D eigenvalue weighted by molar-refractivity contribution is 7.91. The fourth-order valence-electron chi connectivity index (χ4n) is 1.56. The first-order valence-electron chi connectivity index (χ1n) is 5.86. The quantitative estimate of drug-likeness (QED) is 0.467. The molecule has 0 fully saturated rings. The highest BCUT2D eigenvalue weighted by Gasteiger charge is 2.09. The van der Waals surface area contributed by atoms with E-state index in [-0.39, 0.29) is 5.38 Å². The number of hydrogen-bond donors (Lipinski definition) is 0. The van der Waals surface area contributed by atoms with E-state index in [1.165, 1.54) is 0 Å². The van der Waals surface area contributed by atoms with Gasteiger partial charge in [-0.25, -0.2) is 8.42 Å². The summed E-state index contributed by atoms with van der Waals surface area (Å²) in [5.74, 6) is 0.656. The first kappa shape index (κ1) is 15.2. The first-order chi connectivity index (χ1) is 7.02. The molecule has 0 aromatic heterocycles. The molecular weight excluding hydrogens is 232 g/mol. The summed E-state index contributed by atoms with van der Waals surface area (Å²) < 4.78 is 22.7. The average Bonchev–Trinajstić information content (AvgIpc) is 2.13. The molecule has 0 saturated heterocycles. The molecule has 0 aliphatic rings. The summed E-state index contributed by atoms with van der Waals surface area (Å²) in [5, 5.41) is 0.226. The van der Waals surface area contributed by atoms with Crippen LogP contribution < -0.4 is 0 Å². The molecule has 0 amide bonds. The van der Waals surface area contributed by atoms with Gasteiger partial charge in [0, 0.05) is 11.1 Å². The minimum Gasteiger partial charge on any atom is -0.229 e. The summed E-state index contributed by atoms with van der Waals surface area (Å²) in [6, 6.07) is 0. The molecule has 0 N–H and O–H groups in total. The van der Waals surface area contributed by atoms with Crippen molar-refractivity contribution in [3.63, 3.8) is 0 Å². The van der Waals surface area contributed by atoms with E-state index in [4.69, 9.17) is 11.6 Å². The van der Waals surface area contributed by atoms with Crippen LogP contribution in [-0.2, 0) is 9.84 Å². The lowest BCUT2D eigenvalue weighted by Crippen LogP contribution is -2.10. The van der Waals surface area contributed by atoms with Gasteiger partial charge < -0.3 is 0 Å². The molecule has 0 rings (SSSR count). The molecule has 0 bridgehead atoms. The van der Waals surface area contributed by atoms with E-state index >= 15 is 0 Å². The lowest BCUT2D eigenvalue weighted by molar-refractivity contribution is 0.583. The smallest absolute Gasteiger partial charge is 0.150 e. The van der Waals surface area contributed by atoms with Gasteiger partial charge in [0.2, 0.25) is 0 Å². The number of hydrogen-bond acceptors (Lipinski definition) is 2. The maximum Gasteiger partial charge on any atom is 0.150 e. The molecule has 0 aliphatic carbocycles. The highest BCUT2D eigenvalue weighted by Crippen LogP contribution is 2.13. The van der Waals surface area contributed by atoms with Gasteiger partial charge in [-0.2, -0.15) is 0 Å². The third-order valence-electron chi connectivity index (χ3n) is 2.34. The van der Waals surface area contributed by atoms with Crippen LogP contribution in [0, 0.1) is 0 Å². The summed E-state index contributed by atoms with van der Waals surface area (Å²) >= 11 is 6.04. The van der Waals surface area contributed by atoms with Gasteiger partial charge in [0.15, 0.2) is 0 Å². The molecule has 0 heterocycles. The Hall–Kier alpha value is 0.240. The van der Waals surface area contributed by atoms with Crippen LogP contribution in [0.3, 0.4) is 0 Å². The van der Waals surface area contributed by atoms with Gasteiger partial charge in [-0.1, -0.05) is 26.7 Å². The number of halogens is 1. The molecule has 92 valence electrons. The molecule has 0 aliphatic heterocycles. The van der Waals surface area contributed by atoms with E-state index in [9.17, 15) is 8.42 Å². The van der Waals surface area contributed by atoms with Crippen LogP contribution in [0.25, 0.3) is 0 Å². The predicted octanol–water partition coefficient (Wildman–Crippen LogP) is 3.39. The van der Waals surface area contributed by atoms with Crippen molar-refractivity contribution in [1.82, 2.24) is 0 Å². The van der Waals surface area contributed by atoms with Gasteiger partial charge in [-0.05, 0) is 25.7 Å². The lowest BCUT2D eigenvalue weighted by atomic mass is 10.1. The summed E-state index contributed by atoms with van der Waals surface area (Å²) in [6.45, 7) is 4.01. The van der Waals surface area contributed by atoms with E-state index < -0.39 is 9.84 Å². The van der Waals surface area contributed by atoms with Crippen molar-refractivity contribution in [2.24, 2.45) is 0 Å². The van der Waals surface area contributed by atoms with Crippen molar-refractivity contribution >= 4 is 21.4 Å². The normalized spacial score (nSPS) is 14.1. The summed E-state index contributed by atoms with van der Waals surface area (Å²) in [5.41, 5.74) is 0. The minimum absolute atomic E-state index is 0.226. The van der Waals surface area contributed by atoms with Gasteiger partial charge in [0.05, 0.1) is 5.75 Å². The topological polar surface area (TPSA) is 34.1 Å². The van der Waals surface area contributed by atoms with Crippen LogP contribution >= 0.6 is 11.6 Å². The van der Waals surface area contributed by atoms with Crippen LogP contribution in [0.4, 0.5) is 0 Å². The Morgan fingerprint density at radius 3 is 2.20 bits per heavy atom. The summed E-state index contributed by atoms with van der Waals surface area (Å²) in [4.78, 5) is 0. The van der Waals surface area contributed by atoms with Crippen LogP contribution in [0.2, 0.25) is 0 Å². The first-order valence-corrected chi connectivity index (χ1v) is 8.12. The minimum atomic E-state index is -2.78. The van der Waals surface area contributed by atoms with Crippen LogP contribution in [-0.4, -0.2) is 25.3 Å². The maximum absolute atomic E-state index is 11.4. The van der Waals surface area contributed by atoms with Crippen molar-refractivity contribution in [2.45, 2.75) is 57.7 Å². The second-order valence-electron chi connectivity index (χ2n) is 4.03. The fraction of sp³-hybridized carbons (Fsp3) is 1.00. The van der Waals surface area contributed by atoms with Gasteiger partial charge in [0.1, 0.15) is 9.84 Å². The van der Waals surface area contributed by atoms with E-state index in [0.29, 0.717) is 11.5 Å². The molecule has 1 atom stereocenters. The van der Waals surface area contributed by atoms with E-state index in [1.807, 2.05) is 6.92 Å². The Morgan fingerprint density at radius 1 is 1.00 bits per heavy atom. The maximum atomic E-state index is 11.4. The Kier molecular flexibility index (Phi) is 8.53. The molecule has 0 saturated carbocycles. The summed E-state index contributed by atoms with van der Waals surface area (Å²) in [7, 11) is -2.78. The Bertz CT molecular complexity index is 237. The molecule has 0 aromatic rings. The largest absolute Gasteiger partial charge is 0.229 e. The Morgan fingerprint density at radius 2 is 1.67 bits per heavy atom. The van der Waals surface area contributed by atoms with Gasteiger partial charge in [-0.3, -0.25) is 0 Å².